The maximum Gasteiger partial charge on any atom is 0.243 e. The van der Waals surface area contributed by atoms with Crippen molar-refractivity contribution >= 4 is 10.0 Å². The molecule has 0 saturated heterocycles. The van der Waals surface area contributed by atoms with Gasteiger partial charge in [-0.2, -0.15) is 4.31 Å². The SMILES string of the molecule is COc1ccc(OC)c(CN(C)S(=O)(=O)c2ccc(OC)c(C(C)C)c2)c1. The molecule has 0 radical (unpaired) electrons. The van der Waals surface area contributed by atoms with Crippen molar-refractivity contribution in [2.45, 2.75) is 31.2 Å². The van der Waals surface area contributed by atoms with E-state index in [2.05, 4.69) is 0 Å². The zero-order valence-electron chi connectivity index (χ0n) is 16.6. The molecule has 0 spiro atoms. The van der Waals surface area contributed by atoms with E-state index in [9.17, 15) is 8.42 Å². The Morgan fingerprint density at radius 1 is 0.926 bits per heavy atom. The van der Waals surface area contributed by atoms with E-state index < -0.39 is 10.0 Å². The maximum atomic E-state index is 13.1. The molecule has 0 saturated carbocycles. The number of rotatable bonds is 8. The van der Waals surface area contributed by atoms with Crippen LogP contribution in [0.1, 0.15) is 30.9 Å². The summed E-state index contributed by atoms with van der Waals surface area (Å²) in [5.74, 6) is 2.07. The normalized spacial score (nSPS) is 11.7. The monoisotopic (exact) mass is 393 g/mol. The molecule has 7 heteroatoms. The topological polar surface area (TPSA) is 65.1 Å². The first-order valence-corrected chi connectivity index (χ1v) is 10.0. The van der Waals surface area contributed by atoms with Crippen molar-refractivity contribution in [1.29, 1.82) is 0 Å². The van der Waals surface area contributed by atoms with Gasteiger partial charge in [-0.1, -0.05) is 13.8 Å². The van der Waals surface area contributed by atoms with Crippen LogP contribution in [-0.2, 0) is 16.6 Å². The van der Waals surface area contributed by atoms with E-state index in [1.165, 1.54) is 4.31 Å². The number of benzene rings is 2. The molecule has 0 N–H and O–H groups in total. The van der Waals surface area contributed by atoms with Gasteiger partial charge in [0.15, 0.2) is 0 Å². The molecule has 2 rings (SSSR count). The Balaban J connectivity index is 2.38. The molecular weight excluding hydrogens is 366 g/mol. The Hall–Kier alpha value is -2.25. The highest BCUT2D eigenvalue weighted by molar-refractivity contribution is 7.89. The second kappa shape index (κ2) is 8.63. The molecule has 0 heterocycles. The summed E-state index contributed by atoms with van der Waals surface area (Å²) in [4.78, 5) is 0.233. The Kier molecular flexibility index (Phi) is 6.73. The van der Waals surface area contributed by atoms with E-state index in [0.717, 1.165) is 11.1 Å². The summed E-state index contributed by atoms with van der Waals surface area (Å²) < 4.78 is 43.4. The molecule has 0 unspecified atom stereocenters. The van der Waals surface area contributed by atoms with Gasteiger partial charge in [0.05, 0.1) is 26.2 Å². The first-order valence-electron chi connectivity index (χ1n) is 8.59. The predicted octanol–water partition coefficient (Wildman–Crippen LogP) is 3.66. The van der Waals surface area contributed by atoms with Crippen molar-refractivity contribution in [1.82, 2.24) is 4.31 Å². The highest BCUT2D eigenvalue weighted by Gasteiger charge is 2.24. The number of methoxy groups -OCH3 is 3. The molecule has 6 nitrogen and oxygen atoms in total. The fraction of sp³-hybridized carbons (Fsp3) is 0.400. The largest absolute Gasteiger partial charge is 0.497 e. The highest BCUT2D eigenvalue weighted by atomic mass is 32.2. The average Bonchev–Trinajstić information content (AvgIpc) is 2.67. The lowest BCUT2D eigenvalue weighted by Crippen LogP contribution is -2.27. The minimum Gasteiger partial charge on any atom is -0.497 e. The van der Waals surface area contributed by atoms with E-state index in [4.69, 9.17) is 14.2 Å². The summed E-state index contributed by atoms with van der Waals surface area (Å²) in [5.41, 5.74) is 1.58. The van der Waals surface area contributed by atoms with Crippen molar-refractivity contribution in [3.8, 4) is 17.2 Å². The Bertz CT molecular complexity index is 893. The van der Waals surface area contributed by atoms with Crippen LogP contribution in [0.4, 0.5) is 0 Å². The summed E-state index contributed by atoms with van der Waals surface area (Å²) in [6.45, 7) is 4.16. The van der Waals surface area contributed by atoms with E-state index in [0.29, 0.717) is 17.2 Å². The van der Waals surface area contributed by atoms with Crippen LogP contribution in [0.15, 0.2) is 41.3 Å². The molecule has 148 valence electrons. The van der Waals surface area contributed by atoms with Gasteiger partial charge in [-0.25, -0.2) is 8.42 Å². The summed E-state index contributed by atoms with van der Waals surface area (Å²) in [5, 5.41) is 0. The predicted molar refractivity (Wildman–Crippen MR) is 105 cm³/mol. The van der Waals surface area contributed by atoms with Gasteiger partial charge in [0.25, 0.3) is 0 Å². The Labute approximate surface area is 161 Å². The van der Waals surface area contributed by atoms with Crippen LogP contribution in [0.3, 0.4) is 0 Å². The van der Waals surface area contributed by atoms with E-state index >= 15 is 0 Å². The molecule has 2 aromatic carbocycles. The van der Waals surface area contributed by atoms with Crippen LogP contribution < -0.4 is 14.2 Å². The van der Waals surface area contributed by atoms with Crippen molar-refractivity contribution < 1.29 is 22.6 Å². The fourth-order valence-corrected chi connectivity index (χ4v) is 4.02. The molecular formula is C20H27NO5S. The van der Waals surface area contributed by atoms with Gasteiger partial charge < -0.3 is 14.2 Å². The van der Waals surface area contributed by atoms with Crippen LogP contribution in [0.5, 0.6) is 17.2 Å². The minimum absolute atomic E-state index is 0.138. The first kappa shape index (κ1) is 21.1. The molecule has 2 aromatic rings. The zero-order valence-corrected chi connectivity index (χ0v) is 17.5. The third-order valence-corrected chi connectivity index (χ3v) is 6.21. The van der Waals surface area contributed by atoms with Crippen molar-refractivity contribution in [3.63, 3.8) is 0 Å². The van der Waals surface area contributed by atoms with Crippen molar-refractivity contribution in [2.75, 3.05) is 28.4 Å². The van der Waals surface area contributed by atoms with Crippen LogP contribution in [-0.4, -0.2) is 41.1 Å². The van der Waals surface area contributed by atoms with Gasteiger partial charge in [0.1, 0.15) is 17.2 Å². The zero-order chi connectivity index (χ0) is 20.2. The van der Waals surface area contributed by atoms with Gasteiger partial charge in [-0.05, 0) is 47.9 Å². The molecule has 0 aliphatic heterocycles. The van der Waals surface area contributed by atoms with Crippen LogP contribution in [0, 0.1) is 0 Å². The highest BCUT2D eigenvalue weighted by Crippen LogP contribution is 2.31. The van der Waals surface area contributed by atoms with E-state index in [1.807, 2.05) is 13.8 Å². The summed E-state index contributed by atoms with van der Waals surface area (Å²) in [6.07, 6.45) is 0. The number of ether oxygens (including phenoxy) is 3. The third kappa shape index (κ3) is 4.54. The van der Waals surface area contributed by atoms with Gasteiger partial charge in [-0.3, -0.25) is 0 Å². The Morgan fingerprint density at radius 3 is 2.11 bits per heavy atom. The first-order chi connectivity index (χ1) is 12.7. The lowest BCUT2D eigenvalue weighted by molar-refractivity contribution is 0.389. The summed E-state index contributed by atoms with van der Waals surface area (Å²) in [7, 11) is 2.57. The van der Waals surface area contributed by atoms with Gasteiger partial charge in [0.2, 0.25) is 10.0 Å². The summed E-state index contributed by atoms with van der Waals surface area (Å²) in [6, 6.07) is 10.3. The molecule has 0 aliphatic carbocycles. The Morgan fingerprint density at radius 2 is 1.56 bits per heavy atom. The second-order valence-corrected chi connectivity index (χ2v) is 8.54. The molecule has 0 aromatic heterocycles. The van der Waals surface area contributed by atoms with Crippen molar-refractivity contribution in [3.05, 3.63) is 47.5 Å². The lowest BCUT2D eigenvalue weighted by Gasteiger charge is -2.20. The quantitative estimate of drug-likeness (QED) is 0.685. The smallest absolute Gasteiger partial charge is 0.243 e. The average molecular weight is 394 g/mol. The molecule has 0 aliphatic rings. The number of hydrogen-bond acceptors (Lipinski definition) is 5. The number of hydrogen-bond donors (Lipinski definition) is 0. The standard InChI is InChI=1S/C20H27NO5S/c1-14(2)18-12-17(8-10-20(18)26-6)27(22,23)21(3)13-15-11-16(24-4)7-9-19(15)25-5/h7-12,14H,13H2,1-6H3. The third-order valence-electron chi connectivity index (χ3n) is 4.41. The second-order valence-electron chi connectivity index (χ2n) is 6.50. The number of nitrogens with zero attached hydrogens (tertiary/aromatic N) is 1. The van der Waals surface area contributed by atoms with Crippen LogP contribution in [0.2, 0.25) is 0 Å². The molecule has 0 bridgehead atoms. The van der Waals surface area contributed by atoms with E-state index in [1.54, 1.807) is 64.8 Å². The minimum atomic E-state index is -3.68. The molecule has 27 heavy (non-hydrogen) atoms. The number of sulfonamides is 1. The summed E-state index contributed by atoms with van der Waals surface area (Å²) >= 11 is 0. The lowest BCUT2D eigenvalue weighted by atomic mass is 10.0. The van der Waals surface area contributed by atoms with Gasteiger partial charge in [-0.15, -0.1) is 0 Å². The van der Waals surface area contributed by atoms with Gasteiger partial charge in [0, 0.05) is 19.2 Å². The van der Waals surface area contributed by atoms with E-state index in [-0.39, 0.29) is 17.4 Å². The molecule has 0 atom stereocenters. The molecule has 0 fully saturated rings. The maximum absolute atomic E-state index is 13.1. The molecule has 0 amide bonds. The van der Waals surface area contributed by atoms with Crippen molar-refractivity contribution in [2.24, 2.45) is 0 Å². The fourth-order valence-electron chi connectivity index (χ4n) is 2.83. The van der Waals surface area contributed by atoms with Crippen LogP contribution >= 0.6 is 0 Å². The van der Waals surface area contributed by atoms with Gasteiger partial charge >= 0.3 is 0 Å². The van der Waals surface area contributed by atoms with Crippen LogP contribution in [0.25, 0.3) is 0 Å².